The summed E-state index contributed by atoms with van der Waals surface area (Å²) in [6.07, 6.45) is 0. The van der Waals surface area contributed by atoms with E-state index in [4.69, 9.17) is 16.1 Å². The van der Waals surface area contributed by atoms with Gasteiger partial charge in [0.15, 0.2) is 0 Å². The van der Waals surface area contributed by atoms with Crippen molar-refractivity contribution in [1.82, 2.24) is 19.3 Å². The summed E-state index contributed by atoms with van der Waals surface area (Å²) in [5.74, 6) is 0.830. The first-order valence-corrected chi connectivity index (χ1v) is 9.62. The number of para-hydroxylation sites is 1. The fourth-order valence-corrected chi connectivity index (χ4v) is 3.35. The molecule has 0 saturated carbocycles. The highest BCUT2D eigenvalue weighted by molar-refractivity contribution is 6.30. The van der Waals surface area contributed by atoms with Crippen LogP contribution >= 0.6 is 11.6 Å². The lowest BCUT2D eigenvalue weighted by atomic mass is 10.2. The number of hydrogen-bond donors (Lipinski definition) is 0. The first-order valence-electron chi connectivity index (χ1n) is 9.25. The summed E-state index contributed by atoms with van der Waals surface area (Å²) in [5, 5.41) is 5.09. The lowest BCUT2D eigenvalue weighted by Gasteiger charge is -2.14. The van der Waals surface area contributed by atoms with Crippen molar-refractivity contribution < 1.29 is 4.52 Å². The van der Waals surface area contributed by atoms with Crippen molar-refractivity contribution in [1.29, 1.82) is 0 Å². The van der Waals surface area contributed by atoms with Crippen LogP contribution in [0.1, 0.15) is 19.7 Å². The maximum absolute atomic E-state index is 13.1. The highest BCUT2D eigenvalue weighted by Crippen LogP contribution is 2.19. The van der Waals surface area contributed by atoms with E-state index in [1.165, 1.54) is 9.13 Å². The quantitative estimate of drug-likeness (QED) is 0.502. The summed E-state index contributed by atoms with van der Waals surface area (Å²) in [4.78, 5) is 30.3. The lowest BCUT2D eigenvalue weighted by molar-refractivity contribution is 0.368. The van der Waals surface area contributed by atoms with E-state index in [-0.39, 0.29) is 23.9 Å². The molecule has 4 rings (SSSR count). The van der Waals surface area contributed by atoms with Gasteiger partial charge in [-0.3, -0.25) is 13.9 Å². The van der Waals surface area contributed by atoms with E-state index >= 15 is 0 Å². The van der Waals surface area contributed by atoms with Gasteiger partial charge >= 0.3 is 5.69 Å². The predicted octanol–water partition coefficient (Wildman–Crippen LogP) is 3.57. The average molecular weight is 411 g/mol. The smallest absolute Gasteiger partial charge is 0.331 e. The monoisotopic (exact) mass is 410 g/mol. The van der Waals surface area contributed by atoms with Crippen molar-refractivity contribution in [2.45, 2.75) is 26.9 Å². The van der Waals surface area contributed by atoms with E-state index < -0.39 is 5.69 Å². The molecule has 0 aliphatic heterocycles. The zero-order valence-corrected chi connectivity index (χ0v) is 16.8. The zero-order valence-electron chi connectivity index (χ0n) is 16.0. The molecule has 0 spiro atoms. The van der Waals surface area contributed by atoms with E-state index in [1.807, 2.05) is 13.8 Å². The van der Waals surface area contributed by atoms with Crippen molar-refractivity contribution in [2.24, 2.45) is 5.92 Å². The van der Waals surface area contributed by atoms with Crippen LogP contribution in [-0.2, 0) is 13.1 Å². The maximum atomic E-state index is 13.1. The zero-order chi connectivity index (χ0) is 20.5. The highest BCUT2D eigenvalue weighted by Gasteiger charge is 2.17. The van der Waals surface area contributed by atoms with E-state index in [1.54, 1.807) is 48.5 Å². The maximum Gasteiger partial charge on any atom is 0.331 e. The second kappa shape index (κ2) is 7.67. The van der Waals surface area contributed by atoms with Crippen LogP contribution in [-0.4, -0.2) is 19.3 Å². The van der Waals surface area contributed by atoms with Crippen LogP contribution in [0.4, 0.5) is 0 Å². The molecule has 0 atom stereocenters. The topological polar surface area (TPSA) is 82.9 Å². The molecule has 0 saturated heterocycles. The largest absolute Gasteiger partial charge is 0.337 e. The summed E-state index contributed by atoms with van der Waals surface area (Å²) < 4.78 is 8.13. The molecule has 4 aromatic rings. The van der Waals surface area contributed by atoms with Crippen LogP contribution < -0.4 is 11.2 Å². The molecule has 0 aliphatic rings. The molecule has 0 radical (unpaired) electrons. The van der Waals surface area contributed by atoms with Gasteiger partial charge in [0.2, 0.25) is 11.7 Å². The Balaban J connectivity index is 1.79. The first-order chi connectivity index (χ1) is 13.9. The summed E-state index contributed by atoms with van der Waals surface area (Å²) in [5.41, 5.74) is 0.608. The number of halogens is 1. The van der Waals surface area contributed by atoms with Crippen LogP contribution in [0.3, 0.4) is 0 Å². The summed E-state index contributed by atoms with van der Waals surface area (Å²) >= 11 is 5.92. The second-order valence-corrected chi connectivity index (χ2v) is 7.65. The molecule has 0 unspecified atom stereocenters. The summed E-state index contributed by atoms with van der Waals surface area (Å²) in [7, 11) is 0. The molecule has 148 valence electrons. The van der Waals surface area contributed by atoms with Gasteiger partial charge in [-0.15, -0.1) is 0 Å². The number of aromatic nitrogens is 4. The van der Waals surface area contributed by atoms with E-state index in [0.717, 1.165) is 5.56 Å². The number of benzene rings is 2. The summed E-state index contributed by atoms with van der Waals surface area (Å²) in [6, 6.07) is 14.1. The Morgan fingerprint density at radius 1 is 1.03 bits per heavy atom. The number of rotatable bonds is 5. The van der Waals surface area contributed by atoms with Gasteiger partial charge in [-0.2, -0.15) is 4.98 Å². The molecule has 2 aromatic carbocycles. The van der Waals surface area contributed by atoms with Crippen molar-refractivity contribution in [3.8, 4) is 11.4 Å². The Bertz CT molecular complexity index is 1290. The van der Waals surface area contributed by atoms with Gasteiger partial charge < -0.3 is 4.52 Å². The molecule has 2 heterocycles. The molecule has 7 nitrogen and oxygen atoms in total. The Morgan fingerprint density at radius 3 is 2.48 bits per heavy atom. The van der Waals surface area contributed by atoms with Crippen molar-refractivity contribution in [2.75, 3.05) is 0 Å². The molecule has 29 heavy (non-hydrogen) atoms. The van der Waals surface area contributed by atoms with Gasteiger partial charge in [-0.25, -0.2) is 4.79 Å². The average Bonchev–Trinajstić information content (AvgIpc) is 3.17. The summed E-state index contributed by atoms with van der Waals surface area (Å²) in [6.45, 7) is 4.32. The first kappa shape index (κ1) is 19.1. The Morgan fingerprint density at radius 2 is 1.76 bits per heavy atom. The van der Waals surface area contributed by atoms with Gasteiger partial charge in [-0.05, 0) is 42.3 Å². The molecule has 8 heteroatoms. The third-order valence-electron chi connectivity index (χ3n) is 4.54. The van der Waals surface area contributed by atoms with E-state index in [9.17, 15) is 9.59 Å². The molecular formula is C21H19ClN4O3. The number of fused-ring (bicyclic) bond motifs is 1. The standard InChI is InChI=1S/C21H19ClN4O3/c1-13(2)11-26-20(27)16-5-3-4-6-17(16)25(21(26)28)12-18-23-19(24-29-18)14-7-9-15(22)10-8-14/h3-10,13H,11-12H2,1-2H3. The fraction of sp³-hybridized carbons (Fsp3) is 0.238. The Kier molecular flexibility index (Phi) is 5.07. The molecule has 0 bridgehead atoms. The second-order valence-electron chi connectivity index (χ2n) is 7.21. The third-order valence-corrected chi connectivity index (χ3v) is 4.80. The minimum Gasteiger partial charge on any atom is -0.337 e. The van der Waals surface area contributed by atoms with Gasteiger partial charge in [0.1, 0.15) is 6.54 Å². The lowest BCUT2D eigenvalue weighted by Crippen LogP contribution is -2.41. The Labute approximate surface area is 171 Å². The minimum absolute atomic E-state index is 0.0678. The van der Waals surface area contributed by atoms with Gasteiger partial charge in [0, 0.05) is 17.1 Å². The molecule has 0 amide bonds. The van der Waals surface area contributed by atoms with Crippen molar-refractivity contribution in [3.63, 3.8) is 0 Å². The molecule has 2 aromatic heterocycles. The minimum atomic E-state index is -0.395. The van der Waals surface area contributed by atoms with E-state index in [0.29, 0.717) is 28.3 Å². The number of nitrogens with zero attached hydrogens (tertiary/aromatic N) is 4. The third kappa shape index (κ3) is 3.73. The molecule has 0 fully saturated rings. The van der Waals surface area contributed by atoms with Crippen LogP contribution in [0.2, 0.25) is 5.02 Å². The molecular weight excluding hydrogens is 392 g/mol. The van der Waals surface area contributed by atoms with Gasteiger partial charge in [0.05, 0.1) is 10.9 Å². The molecule has 0 aliphatic carbocycles. The fourth-order valence-electron chi connectivity index (χ4n) is 3.22. The predicted molar refractivity (Wildman–Crippen MR) is 111 cm³/mol. The van der Waals surface area contributed by atoms with Crippen molar-refractivity contribution >= 4 is 22.5 Å². The Hall–Kier alpha value is -3.19. The van der Waals surface area contributed by atoms with Crippen LogP contribution in [0.5, 0.6) is 0 Å². The molecule has 0 N–H and O–H groups in total. The van der Waals surface area contributed by atoms with Crippen LogP contribution in [0, 0.1) is 5.92 Å². The van der Waals surface area contributed by atoms with Crippen LogP contribution in [0.25, 0.3) is 22.3 Å². The number of hydrogen-bond acceptors (Lipinski definition) is 5. The SMILES string of the molecule is CC(C)Cn1c(=O)c2ccccc2n(Cc2nc(-c3ccc(Cl)cc3)no2)c1=O. The van der Waals surface area contributed by atoms with Crippen LogP contribution in [0.15, 0.2) is 62.6 Å². The van der Waals surface area contributed by atoms with Gasteiger partial charge in [0.25, 0.3) is 5.56 Å². The van der Waals surface area contributed by atoms with E-state index in [2.05, 4.69) is 10.1 Å². The normalized spacial score (nSPS) is 11.4. The van der Waals surface area contributed by atoms with Crippen molar-refractivity contribution in [3.05, 3.63) is 80.3 Å². The van der Waals surface area contributed by atoms with Gasteiger partial charge in [-0.1, -0.05) is 42.7 Å². The highest BCUT2D eigenvalue weighted by atomic mass is 35.5.